The van der Waals surface area contributed by atoms with Crippen molar-refractivity contribution in [2.24, 2.45) is 0 Å². The second-order valence-electron chi connectivity index (χ2n) is 8.43. The molecule has 0 aromatic heterocycles. The third kappa shape index (κ3) is 30.7. The van der Waals surface area contributed by atoms with Crippen LogP contribution in [0.25, 0.3) is 0 Å². The van der Waals surface area contributed by atoms with Gasteiger partial charge in [-0.3, -0.25) is 9.59 Å². The van der Waals surface area contributed by atoms with Crippen molar-refractivity contribution >= 4 is 11.9 Å². The van der Waals surface area contributed by atoms with Crippen molar-refractivity contribution in [2.75, 3.05) is 72.6 Å². The third-order valence-electron chi connectivity index (χ3n) is 5.31. The second-order valence-corrected chi connectivity index (χ2v) is 8.43. The average Bonchev–Trinajstić information content (AvgIpc) is 2.84. The summed E-state index contributed by atoms with van der Waals surface area (Å²) in [5, 5.41) is 11.5. The standard InChI is InChI=1S/C26H51NO8/c1-2-31-17-18-33-21-22-35-24-23-34-20-19-32-16-15-27-25(28)13-11-9-7-5-3-4-6-8-10-12-14-26(29)30/h2-24H2,1H3,(H,27,28)(H,29,30). The van der Waals surface area contributed by atoms with Gasteiger partial charge in [0, 0.05) is 26.0 Å². The molecule has 0 saturated heterocycles. The smallest absolute Gasteiger partial charge is 0.303 e. The molecule has 35 heavy (non-hydrogen) atoms. The Labute approximate surface area is 212 Å². The summed E-state index contributed by atoms with van der Waals surface area (Å²) < 4.78 is 26.8. The van der Waals surface area contributed by atoms with Crippen LogP contribution in [0.15, 0.2) is 0 Å². The zero-order chi connectivity index (χ0) is 25.7. The van der Waals surface area contributed by atoms with Gasteiger partial charge in [-0.15, -0.1) is 0 Å². The summed E-state index contributed by atoms with van der Waals surface area (Å²) in [5.74, 6) is -0.608. The van der Waals surface area contributed by atoms with Gasteiger partial charge in [-0.25, -0.2) is 0 Å². The summed E-state index contributed by atoms with van der Waals surface area (Å²) in [7, 11) is 0. The number of hydrogen-bond acceptors (Lipinski definition) is 7. The molecule has 0 bridgehead atoms. The second kappa shape index (κ2) is 29.0. The van der Waals surface area contributed by atoms with E-state index in [-0.39, 0.29) is 5.91 Å². The minimum Gasteiger partial charge on any atom is -0.481 e. The Morgan fingerprint density at radius 1 is 0.543 bits per heavy atom. The average molecular weight is 506 g/mol. The van der Waals surface area contributed by atoms with E-state index in [9.17, 15) is 9.59 Å². The van der Waals surface area contributed by atoms with Gasteiger partial charge in [-0.2, -0.15) is 0 Å². The fraction of sp³-hybridized carbons (Fsp3) is 0.923. The zero-order valence-electron chi connectivity index (χ0n) is 22.1. The van der Waals surface area contributed by atoms with E-state index in [0.717, 1.165) is 32.1 Å². The molecule has 0 radical (unpaired) electrons. The molecule has 0 atom stereocenters. The Balaban J connectivity index is 3.15. The number of carboxylic acid groups (broad SMARTS) is 1. The molecule has 9 nitrogen and oxygen atoms in total. The highest BCUT2D eigenvalue weighted by molar-refractivity contribution is 5.75. The van der Waals surface area contributed by atoms with E-state index < -0.39 is 5.97 Å². The van der Waals surface area contributed by atoms with Crippen LogP contribution in [0.5, 0.6) is 0 Å². The Kier molecular flexibility index (Phi) is 27.9. The Bertz CT molecular complexity index is 465. The van der Waals surface area contributed by atoms with Gasteiger partial charge in [-0.1, -0.05) is 51.4 Å². The maximum absolute atomic E-state index is 11.8. The SMILES string of the molecule is CCOCCOCCOCCOCCOCCNC(=O)CCCCCCCCCCCCC(=O)O. The van der Waals surface area contributed by atoms with Gasteiger partial charge in [0.2, 0.25) is 5.91 Å². The monoisotopic (exact) mass is 505 g/mol. The number of unbranched alkanes of at least 4 members (excludes halogenated alkanes) is 9. The van der Waals surface area contributed by atoms with Crippen molar-refractivity contribution in [3.8, 4) is 0 Å². The summed E-state index contributed by atoms with van der Waals surface area (Å²) in [6.45, 7) is 8.04. The fourth-order valence-corrected chi connectivity index (χ4v) is 3.35. The van der Waals surface area contributed by atoms with Gasteiger partial charge in [0.15, 0.2) is 0 Å². The highest BCUT2D eigenvalue weighted by Gasteiger charge is 2.01. The maximum Gasteiger partial charge on any atom is 0.303 e. The van der Waals surface area contributed by atoms with Crippen LogP contribution in [0.2, 0.25) is 0 Å². The summed E-state index contributed by atoms with van der Waals surface area (Å²) in [4.78, 5) is 22.3. The van der Waals surface area contributed by atoms with Crippen molar-refractivity contribution in [2.45, 2.75) is 84.0 Å². The Morgan fingerprint density at radius 2 is 0.914 bits per heavy atom. The zero-order valence-corrected chi connectivity index (χ0v) is 22.1. The lowest BCUT2D eigenvalue weighted by molar-refractivity contribution is -0.137. The number of rotatable bonds is 29. The topological polar surface area (TPSA) is 113 Å². The lowest BCUT2D eigenvalue weighted by Crippen LogP contribution is -2.27. The molecule has 1 amide bonds. The van der Waals surface area contributed by atoms with E-state index in [0.29, 0.717) is 85.5 Å². The van der Waals surface area contributed by atoms with Crippen molar-refractivity contribution < 1.29 is 38.4 Å². The number of ether oxygens (including phenoxy) is 5. The van der Waals surface area contributed by atoms with Crippen LogP contribution >= 0.6 is 0 Å². The van der Waals surface area contributed by atoms with E-state index in [1.54, 1.807) is 0 Å². The van der Waals surface area contributed by atoms with Gasteiger partial charge in [0.05, 0.1) is 59.5 Å². The highest BCUT2D eigenvalue weighted by Crippen LogP contribution is 2.12. The largest absolute Gasteiger partial charge is 0.481 e. The molecule has 0 fully saturated rings. The number of amides is 1. The number of nitrogens with one attached hydrogen (secondary N) is 1. The van der Waals surface area contributed by atoms with Crippen molar-refractivity contribution in [1.82, 2.24) is 5.32 Å². The molecular formula is C26H51NO8. The summed E-state index contributed by atoms with van der Waals surface area (Å²) in [6, 6.07) is 0. The molecule has 0 aliphatic carbocycles. The quantitative estimate of drug-likeness (QED) is 0.147. The van der Waals surface area contributed by atoms with Crippen molar-refractivity contribution in [1.29, 1.82) is 0 Å². The predicted octanol–water partition coefficient (Wildman–Crippen LogP) is 3.97. The van der Waals surface area contributed by atoms with Gasteiger partial charge >= 0.3 is 5.97 Å². The molecule has 0 spiro atoms. The van der Waals surface area contributed by atoms with Crippen LogP contribution in [-0.4, -0.2) is 89.6 Å². The molecule has 2 N–H and O–H groups in total. The number of hydrogen-bond donors (Lipinski definition) is 2. The predicted molar refractivity (Wildman–Crippen MR) is 136 cm³/mol. The number of carboxylic acids is 1. The van der Waals surface area contributed by atoms with Gasteiger partial charge in [0.1, 0.15) is 0 Å². The van der Waals surface area contributed by atoms with E-state index >= 15 is 0 Å². The molecule has 0 saturated carbocycles. The minimum atomic E-state index is -0.696. The van der Waals surface area contributed by atoms with Gasteiger partial charge in [-0.05, 0) is 19.8 Å². The van der Waals surface area contributed by atoms with Crippen LogP contribution in [0.1, 0.15) is 84.0 Å². The van der Waals surface area contributed by atoms with Crippen LogP contribution in [-0.2, 0) is 33.3 Å². The van der Waals surface area contributed by atoms with Crippen LogP contribution in [0.4, 0.5) is 0 Å². The molecule has 0 unspecified atom stereocenters. The molecule has 0 heterocycles. The summed E-state index contributed by atoms with van der Waals surface area (Å²) >= 11 is 0. The van der Waals surface area contributed by atoms with E-state index in [2.05, 4.69) is 5.32 Å². The number of aliphatic carboxylic acids is 1. The summed E-state index contributed by atoms with van der Waals surface area (Å²) in [6.07, 6.45) is 11.8. The first-order chi connectivity index (χ1) is 17.2. The molecular weight excluding hydrogens is 454 g/mol. The lowest BCUT2D eigenvalue weighted by Gasteiger charge is -2.08. The molecule has 0 aliphatic rings. The molecule has 0 aliphatic heterocycles. The van der Waals surface area contributed by atoms with Gasteiger partial charge in [0.25, 0.3) is 0 Å². The van der Waals surface area contributed by atoms with Crippen LogP contribution in [0, 0.1) is 0 Å². The van der Waals surface area contributed by atoms with Crippen molar-refractivity contribution in [3.05, 3.63) is 0 Å². The fourth-order valence-electron chi connectivity index (χ4n) is 3.35. The summed E-state index contributed by atoms with van der Waals surface area (Å²) in [5.41, 5.74) is 0. The minimum absolute atomic E-state index is 0.0882. The van der Waals surface area contributed by atoms with E-state index in [1.165, 1.54) is 32.1 Å². The first-order valence-electron chi connectivity index (χ1n) is 13.5. The molecule has 9 heteroatoms. The maximum atomic E-state index is 11.8. The molecule has 0 rings (SSSR count). The highest BCUT2D eigenvalue weighted by atomic mass is 16.6. The number of carbonyl (C=O) groups excluding carboxylic acids is 1. The normalized spacial score (nSPS) is 11.1. The number of carbonyl (C=O) groups is 2. The van der Waals surface area contributed by atoms with Gasteiger partial charge < -0.3 is 34.1 Å². The van der Waals surface area contributed by atoms with E-state index in [4.69, 9.17) is 28.8 Å². The van der Waals surface area contributed by atoms with E-state index in [1.807, 2.05) is 6.92 Å². The molecule has 208 valence electrons. The van der Waals surface area contributed by atoms with Crippen molar-refractivity contribution in [3.63, 3.8) is 0 Å². The molecule has 0 aromatic rings. The third-order valence-corrected chi connectivity index (χ3v) is 5.31. The first kappa shape index (κ1) is 33.7. The molecule has 0 aromatic carbocycles. The Morgan fingerprint density at radius 3 is 1.34 bits per heavy atom. The van der Waals surface area contributed by atoms with Crippen LogP contribution in [0.3, 0.4) is 0 Å². The lowest BCUT2D eigenvalue weighted by atomic mass is 10.1. The first-order valence-corrected chi connectivity index (χ1v) is 13.5. The Hall–Kier alpha value is -1.26. The van der Waals surface area contributed by atoms with Crippen LogP contribution < -0.4 is 5.32 Å².